The largest absolute Gasteiger partial charge is 0.466 e. The summed E-state index contributed by atoms with van der Waals surface area (Å²) >= 11 is 0. The Hall–Kier alpha value is -2.18. The number of halogens is 3. The van der Waals surface area contributed by atoms with Crippen molar-refractivity contribution in [3.05, 3.63) is 36.7 Å². The summed E-state index contributed by atoms with van der Waals surface area (Å²) in [4.78, 5) is 11.3. The van der Waals surface area contributed by atoms with Gasteiger partial charge in [-0.05, 0) is 13.0 Å². The second-order valence-electron chi connectivity index (χ2n) is 3.70. The Kier molecular flexibility index (Phi) is 3.94. The average Bonchev–Trinajstić information content (AvgIpc) is 2.41. The van der Waals surface area contributed by atoms with Crippen molar-refractivity contribution in [3.8, 4) is 17.1 Å². The molecule has 1 atom stereocenters. The van der Waals surface area contributed by atoms with Crippen LogP contribution in [0.25, 0.3) is 11.3 Å². The molecular formula is C12H9F3N3O. The van der Waals surface area contributed by atoms with Crippen LogP contribution in [-0.4, -0.2) is 27.5 Å². The molecule has 2 aromatic heterocycles. The summed E-state index contributed by atoms with van der Waals surface area (Å²) < 4.78 is 43.0. The summed E-state index contributed by atoms with van der Waals surface area (Å²) in [6.07, 6.45) is 2.34. The molecule has 0 N–H and O–H groups in total. The molecule has 19 heavy (non-hydrogen) atoms. The highest BCUT2D eigenvalue weighted by molar-refractivity contribution is 5.57. The van der Waals surface area contributed by atoms with Crippen molar-refractivity contribution in [2.45, 2.75) is 19.5 Å². The Morgan fingerprint density at radius 3 is 2.63 bits per heavy atom. The van der Waals surface area contributed by atoms with Gasteiger partial charge in [-0.15, -0.1) is 0 Å². The zero-order valence-corrected chi connectivity index (χ0v) is 9.85. The van der Waals surface area contributed by atoms with E-state index >= 15 is 0 Å². The molecule has 7 heteroatoms. The van der Waals surface area contributed by atoms with Gasteiger partial charge in [-0.25, -0.2) is 18.2 Å². The topological polar surface area (TPSA) is 47.9 Å². The summed E-state index contributed by atoms with van der Waals surface area (Å²) in [6, 6.07) is 1.10. The van der Waals surface area contributed by atoms with Crippen LogP contribution < -0.4 is 4.74 Å². The van der Waals surface area contributed by atoms with Crippen LogP contribution in [0.1, 0.15) is 6.92 Å². The molecule has 99 valence electrons. The van der Waals surface area contributed by atoms with Crippen LogP contribution in [-0.2, 0) is 0 Å². The maximum atomic E-state index is 13.7. The minimum atomic E-state index is -2.71. The fourth-order valence-corrected chi connectivity index (χ4v) is 1.29. The van der Waals surface area contributed by atoms with Gasteiger partial charge < -0.3 is 4.74 Å². The minimum Gasteiger partial charge on any atom is -0.466 e. The first-order valence-electron chi connectivity index (χ1n) is 5.36. The molecule has 0 aliphatic heterocycles. The number of hydrogen-bond donors (Lipinski definition) is 0. The van der Waals surface area contributed by atoms with E-state index in [2.05, 4.69) is 21.1 Å². The lowest BCUT2D eigenvalue weighted by Crippen LogP contribution is -2.22. The van der Waals surface area contributed by atoms with Crippen molar-refractivity contribution in [2.24, 2.45) is 0 Å². The standard InChI is InChI=1S/C12H9F3N3O/c1-7(11(14)15)19-12-9(13)4-8(5-18-12)10-6-16-2-3-17-10/h3-7,11H,1H3. The lowest BCUT2D eigenvalue weighted by molar-refractivity contribution is 0.0180. The summed E-state index contributed by atoms with van der Waals surface area (Å²) in [5, 5.41) is 0. The van der Waals surface area contributed by atoms with Gasteiger partial charge in [0.1, 0.15) is 6.20 Å². The molecule has 0 amide bonds. The molecule has 0 bridgehead atoms. The number of alkyl halides is 2. The fourth-order valence-electron chi connectivity index (χ4n) is 1.29. The number of hydrogen-bond acceptors (Lipinski definition) is 4. The molecule has 0 fully saturated rings. The molecule has 1 unspecified atom stereocenters. The van der Waals surface area contributed by atoms with E-state index in [-0.39, 0.29) is 0 Å². The van der Waals surface area contributed by atoms with Crippen LogP contribution in [0.4, 0.5) is 13.2 Å². The monoisotopic (exact) mass is 268 g/mol. The Bertz CT molecular complexity index is 551. The van der Waals surface area contributed by atoms with E-state index in [1.807, 2.05) is 0 Å². The van der Waals surface area contributed by atoms with Gasteiger partial charge in [-0.1, -0.05) is 0 Å². The molecule has 2 heterocycles. The molecule has 0 saturated carbocycles. The molecule has 2 aromatic rings. The fraction of sp³-hybridized carbons (Fsp3) is 0.250. The van der Waals surface area contributed by atoms with Crippen molar-refractivity contribution >= 4 is 0 Å². The van der Waals surface area contributed by atoms with E-state index in [1.165, 1.54) is 18.6 Å². The van der Waals surface area contributed by atoms with Gasteiger partial charge in [0, 0.05) is 11.8 Å². The maximum Gasteiger partial charge on any atom is 0.274 e. The Balaban J connectivity index is 2.23. The van der Waals surface area contributed by atoms with Gasteiger partial charge >= 0.3 is 0 Å². The van der Waals surface area contributed by atoms with Crippen LogP contribution in [0.2, 0.25) is 0 Å². The van der Waals surface area contributed by atoms with E-state index in [0.29, 0.717) is 11.3 Å². The average molecular weight is 268 g/mol. The molecule has 1 radical (unpaired) electrons. The number of aromatic nitrogens is 3. The van der Waals surface area contributed by atoms with E-state index < -0.39 is 24.2 Å². The summed E-state index contributed by atoms with van der Waals surface area (Å²) in [5.41, 5.74) is 0.773. The second kappa shape index (κ2) is 5.64. The van der Waals surface area contributed by atoms with Crippen molar-refractivity contribution in [1.29, 1.82) is 0 Å². The summed E-state index contributed by atoms with van der Waals surface area (Å²) in [5.74, 6) is -1.30. The Labute approximate surface area is 107 Å². The molecular weight excluding hydrogens is 259 g/mol. The lowest BCUT2D eigenvalue weighted by Gasteiger charge is -2.13. The normalized spacial score (nSPS) is 12.5. The van der Waals surface area contributed by atoms with Crippen molar-refractivity contribution in [3.63, 3.8) is 0 Å². The highest BCUT2D eigenvalue weighted by atomic mass is 19.3. The Morgan fingerprint density at radius 1 is 1.26 bits per heavy atom. The van der Waals surface area contributed by atoms with Crippen LogP contribution in [0, 0.1) is 12.0 Å². The van der Waals surface area contributed by atoms with Crippen molar-refractivity contribution < 1.29 is 17.9 Å². The molecule has 0 spiro atoms. The number of nitrogens with zero attached hydrogens (tertiary/aromatic N) is 3. The van der Waals surface area contributed by atoms with Crippen LogP contribution >= 0.6 is 0 Å². The highest BCUT2D eigenvalue weighted by Gasteiger charge is 2.19. The molecule has 4 nitrogen and oxygen atoms in total. The van der Waals surface area contributed by atoms with E-state index in [0.717, 1.165) is 13.0 Å². The van der Waals surface area contributed by atoms with Gasteiger partial charge in [-0.3, -0.25) is 9.97 Å². The van der Waals surface area contributed by atoms with Gasteiger partial charge in [0.05, 0.1) is 18.1 Å². The number of ether oxygens (including phenoxy) is 1. The first kappa shape index (κ1) is 13.3. The second-order valence-corrected chi connectivity index (χ2v) is 3.70. The summed E-state index contributed by atoms with van der Waals surface area (Å²) in [7, 11) is 0. The third kappa shape index (κ3) is 3.18. The smallest absolute Gasteiger partial charge is 0.274 e. The SMILES string of the molecule is CC(Oc1ncc(-c2cn[c]cn2)cc1F)C(F)F. The van der Waals surface area contributed by atoms with Crippen LogP contribution in [0.5, 0.6) is 5.88 Å². The first-order valence-corrected chi connectivity index (χ1v) is 5.36. The Morgan fingerprint density at radius 2 is 2.05 bits per heavy atom. The quantitative estimate of drug-likeness (QED) is 0.854. The lowest BCUT2D eigenvalue weighted by atomic mass is 10.2. The number of rotatable bonds is 4. The predicted octanol–water partition coefficient (Wildman–Crippen LogP) is 2.51. The molecule has 0 aliphatic rings. The molecule has 0 saturated heterocycles. The van der Waals surface area contributed by atoms with E-state index in [4.69, 9.17) is 4.74 Å². The highest BCUT2D eigenvalue weighted by Crippen LogP contribution is 2.22. The summed E-state index contributed by atoms with van der Waals surface area (Å²) in [6.45, 7) is 1.14. The van der Waals surface area contributed by atoms with E-state index in [9.17, 15) is 13.2 Å². The van der Waals surface area contributed by atoms with Crippen LogP contribution in [0.15, 0.2) is 24.7 Å². The number of pyridine rings is 1. The van der Waals surface area contributed by atoms with Gasteiger partial charge in [0.25, 0.3) is 12.3 Å². The predicted molar refractivity (Wildman–Crippen MR) is 60.2 cm³/mol. The van der Waals surface area contributed by atoms with Crippen molar-refractivity contribution in [1.82, 2.24) is 15.0 Å². The van der Waals surface area contributed by atoms with Crippen LogP contribution in [0.3, 0.4) is 0 Å². The molecule has 2 rings (SSSR count). The third-order valence-electron chi connectivity index (χ3n) is 2.28. The minimum absolute atomic E-state index is 0.371. The zero-order valence-electron chi connectivity index (χ0n) is 9.85. The maximum absolute atomic E-state index is 13.7. The third-order valence-corrected chi connectivity index (χ3v) is 2.28. The van der Waals surface area contributed by atoms with Gasteiger partial charge in [-0.2, -0.15) is 0 Å². The van der Waals surface area contributed by atoms with E-state index in [1.54, 1.807) is 0 Å². The first-order chi connectivity index (χ1) is 9.08. The van der Waals surface area contributed by atoms with Gasteiger partial charge in [0.2, 0.25) is 0 Å². The molecule has 0 aliphatic carbocycles. The zero-order chi connectivity index (χ0) is 13.8. The molecule has 0 aromatic carbocycles. The van der Waals surface area contributed by atoms with Gasteiger partial charge in [0.15, 0.2) is 11.9 Å². The van der Waals surface area contributed by atoms with Crippen molar-refractivity contribution in [2.75, 3.05) is 0 Å².